The SMILES string of the molecule is CC(C)c1ccc(C2CC(=O)c3cnc(N4CCc5ccccc54)nc3C2)cc1. The van der Waals surface area contributed by atoms with Gasteiger partial charge >= 0.3 is 0 Å². The van der Waals surface area contributed by atoms with Crippen molar-refractivity contribution in [1.82, 2.24) is 9.97 Å². The van der Waals surface area contributed by atoms with Crippen LogP contribution in [-0.2, 0) is 12.8 Å². The second kappa shape index (κ2) is 7.11. The zero-order valence-electron chi connectivity index (χ0n) is 16.9. The molecule has 4 heteroatoms. The normalized spacial score (nSPS) is 18.1. The van der Waals surface area contributed by atoms with Crippen molar-refractivity contribution in [3.8, 4) is 0 Å². The van der Waals surface area contributed by atoms with E-state index in [1.165, 1.54) is 22.4 Å². The predicted octanol–water partition coefficient (Wildman–Crippen LogP) is 5.21. The molecule has 146 valence electrons. The van der Waals surface area contributed by atoms with Crippen LogP contribution in [0.1, 0.15) is 64.8 Å². The molecule has 2 aliphatic rings. The molecule has 0 N–H and O–H groups in total. The topological polar surface area (TPSA) is 46.1 Å². The molecule has 3 aromatic rings. The highest BCUT2D eigenvalue weighted by Gasteiger charge is 2.30. The lowest BCUT2D eigenvalue weighted by atomic mass is 9.81. The van der Waals surface area contributed by atoms with E-state index in [2.05, 4.69) is 72.3 Å². The van der Waals surface area contributed by atoms with Crippen molar-refractivity contribution in [3.63, 3.8) is 0 Å². The maximum Gasteiger partial charge on any atom is 0.230 e. The summed E-state index contributed by atoms with van der Waals surface area (Å²) in [7, 11) is 0. The zero-order valence-corrected chi connectivity index (χ0v) is 16.9. The molecule has 2 aromatic carbocycles. The monoisotopic (exact) mass is 383 g/mol. The van der Waals surface area contributed by atoms with Crippen LogP contribution in [0.2, 0.25) is 0 Å². The molecule has 1 aliphatic carbocycles. The van der Waals surface area contributed by atoms with E-state index in [9.17, 15) is 4.79 Å². The fourth-order valence-corrected chi connectivity index (χ4v) is 4.50. The van der Waals surface area contributed by atoms with E-state index in [4.69, 9.17) is 4.98 Å². The molecule has 0 spiro atoms. The summed E-state index contributed by atoms with van der Waals surface area (Å²) in [5, 5.41) is 0. The number of hydrogen-bond acceptors (Lipinski definition) is 4. The van der Waals surface area contributed by atoms with Gasteiger partial charge in [0.15, 0.2) is 5.78 Å². The second-order valence-corrected chi connectivity index (χ2v) is 8.41. The third-order valence-electron chi connectivity index (χ3n) is 6.23. The molecule has 2 heterocycles. The van der Waals surface area contributed by atoms with Gasteiger partial charge in [0.05, 0.1) is 11.3 Å². The number of rotatable bonds is 3. The Hall–Kier alpha value is -3.01. The summed E-state index contributed by atoms with van der Waals surface area (Å²) < 4.78 is 0. The van der Waals surface area contributed by atoms with Crippen molar-refractivity contribution >= 4 is 17.4 Å². The highest BCUT2D eigenvalue weighted by atomic mass is 16.1. The number of aromatic nitrogens is 2. The number of fused-ring (bicyclic) bond motifs is 2. The summed E-state index contributed by atoms with van der Waals surface area (Å²) in [6.45, 7) is 5.28. The molecule has 5 rings (SSSR count). The number of nitrogens with zero attached hydrogens (tertiary/aromatic N) is 3. The Morgan fingerprint density at radius 1 is 1.03 bits per heavy atom. The van der Waals surface area contributed by atoms with Crippen molar-refractivity contribution in [2.45, 2.75) is 44.9 Å². The van der Waals surface area contributed by atoms with Gasteiger partial charge in [0.1, 0.15) is 0 Å². The molecule has 29 heavy (non-hydrogen) atoms. The molecule has 0 saturated heterocycles. The van der Waals surface area contributed by atoms with E-state index in [-0.39, 0.29) is 11.7 Å². The van der Waals surface area contributed by atoms with E-state index in [1.54, 1.807) is 6.20 Å². The van der Waals surface area contributed by atoms with E-state index in [0.29, 0.717) is 23.9 Å². The summed E-state index contributed by atoms with van der Waals surface area (Å²) in [5.41, 5.74) is 6.63. The van der Waals surface area contributed by atoms with Crippen LogP contribution in [0.3, 0.4) is 0 Å². The highest BCUT2D eigenvalue weighted by molar-refractivity contribution is 5.98. The first kappa shape index (κ1) is 18.0. The summed E-state index contributed by atoms with van der Waals surface area (Å²) >= 11 is 0. The minimum atomic E-state index is 0.151. The van der Waals surface area contributed by atoms with Crippen LogP contribution in [0, 0.1) is 0 Å². The average Bonchev–Trinajstić information content (AvgIpc) is 3.17. The lowest BCUT2D eigenvalue weighted by Crippen LogP contribution is -2.23. The first-order chi connectivity index (χ1) is 14.1. The number of anilines is 2. The maximum absolute atomic E-state index is 12.8. The largest absolute Gasteiger partial charge is 0.310 e. The third kappa shape index (κ3) is 3.23. The van der Waals surface area contributed by atoms with Crippen molar-refractivity contribution in [3.05, 3.63) is 82.7 Å². The van der Waals surface area contributed by atoms with Gasteiger partial charge in [0.2, 0.25) is 5.95 Å². The number of carbonyl (C=O) groups is 1. The smallest absolute Gasteiger partial charge is 0.230 e. The van der Waals surface area contributed by atoms with Crippen LogP contribution in [0.25, 0.3) is 0 Å². The lowest BCUT2D eigenvalue weighted by Gasteiger charge is -2.25. The third-order valence-corrected chi connectivity index (χ3v) is 6.23. The molecule has 0 fully saturated rings. The number of para-hydroxylation sites is 1. The molecule has 1 unspecified atom stereocenters. The number of carbonyl (C=O) groups excluding carboxylic acids is 1. The Morgan fingerprint density at radius 3 is 2.62 bits per heavy atom. The van der Waals surface area contributed by atoms with Crippen LogP contribution < -0.4 is 4.90 Å². The van der Waals surface area contributed by atoms with Gasteiger partial charge in [-0.15, -0.1) is 0 Å². The highest BCUT2D eigenvalue weighted by Crippen LogP contribution is 2.36. The predicted molar refractivity (Wildman–Crippen MR) is 115 cm³/mol. The van der Waals surface area contributed by atoms with Gasteiger partial charge in [0, 0.05) is 24.8 Å². The molecular weight excluding hydrogens is 358 g/mol. The van der Waals surface area contributed by atoms with E-state index in [1.807, 2.05) is 0 Å². The van der Waals surface area contributed by atoms with E-state index >= 15 is 0 Å². The van der Waals surface area contributed by atoms with Crippen LogP contribution >= 0.6 is 0 Å². The summed E-state index contributed by atoms with van der Waals surface area (Å²) in [4.78, 5) is 24.4. The van der Waals surface area contributed by atoms with Crippen LogP contribution in [0.5, 0.6) is 0 Å². The fraction of sp³-hybridized carbons (Fsp3) is 0.320. The molecular formula is C25H25N3O. The van der Waals surface area contributed by atoms with Crippen molar-refractivity contribution in [1.29, 1.82) is 0 Å². The standard InChI is InChI=1S/C25H25N3O/c1-16(2)17-7-9-18(10-8-17)20-13-22-21(24(29)14-20)15-26-25(27-22)28-12-11-19-5-3-4-6-23(19)28/h3-10,15-16,20H,11-14H2,1-2H3. The van der Waals surface area contributed by atoms with Crippen molar-refractivity contribution < 1.29 is 4.79 Å². The lowest BCUT2D eigenvalue weighted by molar-refractivity contribution is 0.0962. The summed E-state index contributed by atoms with van der Waals surface area (Å²) in [6, 6.07) is 17.1. The van der Waals surface area contributed by atoms with Gasteiger partial charge in [0.25, 0.3) is 0 Å². The van der Waals surface area contributed by atoms with Crippen LogP contribution in [-0.4, -0.2) is 22.3 Å². The van der Waals surface area contributed by atoms with Crippen LogP contribution in [0.4, 0.5) is 11.6 Å². The summed E-state index contributed by atoms with van der Waals surface area (Å²) in [6.07, 6.45) is 4.05. The number of hydrogen-bond donors (Lipinski definition) is 0. The number of Topliss-reactive ketones (excluding diaryl/α,β-unsaturated/α-hetero) is 1. The summed E-state index contributed by atoms with van der Waals surface area (Å²) in [5.74, 6) is 1.55. The molecule has 1 atom stereocenters. The zero-order chi connectivity index (χ0) is 20.0. The Kier molecular flexibility index (Phi) is 4.42. The molecule has 0 amide bonds. The number of benzene rings is 2. The van der Waals surface area contributed by atoms with Gasteiger partial charge in [-0.2, -0.15) is 0 Å². The van der Waals surface area contributed by atoms with Gasteiger partial charge in [-0.25, -0.2) is 9.97 Å². The minimum Gasteiger partial charge on any atom is -0.310 e. The Bertz CT molecular complexity index is 1070. The number of ketones is 1. The minimum absolute atomic E-state index is 0.151. The van der Waals surface area contributed by atoms with Gasteiger partial charge in [-0.05, 0) is 47.4 Å². The molecule has 0 bridgehead atoms. The van der Waals surface area contributed by atoms with Crippen molar-refractivity contribution in [2.24, 2.45) is 0 Å². The molecule has 1 aromatic heterocycles. The van der Waals surface area contributed by atoms with E-state index < -0.39 is 0 Å². The van der Waals surface area contributed by atoms with Crippen molar-refractivity contribution in [2.75, 3.05) is 11.4 Å². The molecule has 4 nitrogen and oxygen atoms in total. The Labute approximate surface area is 171 Å². The average molecular weight is 383 g/mol. The first-order valence-corrected chi connectivity index (χ1v) is 10.4. The second-order valence-electron chi connectivity index (χ2n) is 8.41. The molecule has 0 radical (unpaired) electrons. The van der Waals surface area contributed by atoms with Gasteiger partial charge in [-0.1, -0.05) is 56.3 Å². The molecule has 1 aliphatic heterocycles. The fourth-order valence-electron chi connectivity index (χ4n) is 4.50. The maximum atomic E-state index is 12.8. The van der Waals surface area contributed by atoms with Crippen LogP contribution in [0.15, 0.2) is 54.7 Å². The van der Waals surface area contributed by atoms with Gasteiger partial charge in [-0.3, -0.25) is 4.79 Å². The quantitative estimate of drug-likeness (QED) is 0.623. The van der Waals surface area contributed by atoms with E-state index in [0.717, 1.165) is 25.1 Å². The first-order valence-electron chi connectivity index (χ1n) is 10.4. The Morgan fingerprint density at radius 2 is 1.83 bits per heavy atom. The molecule has 0 saturated carbocycles. The van der Waals surface area contributed by atoms with Gasteiger partial charge < -0.3 is 4.90 Å². The Balaban J connectivity index is 1.45.